The molecule has 1 fully saturated rings. The van der Waals surface area contributed by atoms with Gasteiger partial charge in [-0.1, -0.05) is 74.4 Å². The van der Waals surface area contributed by atoms with Crippen LogP contribution in [0.25, 0.3) is 11.1 Å². The van der Waals surface area contributed by atoms with Crippen molar-refractivity contribution in [2.45, 2.75) is 44.1 Å². The molecule has 2 aliphatic carbocycles. The molecule has 4 rings (SSSR count). The molecular weight excluding hydrogens is 444 g/mol. The van der Waals surface area contributed by atoms with E-state index in [4.69, 9.17) is 4.74 Å². The first-order valence-corrected chi connectivity index (χ1v) is 12.1. The number of carboxylic acids is 1. The van der Waals surface area contributed by atoms with Crippen LogP contribution in [0.5, 0.6) is 0 Å². The number of fused-ring (bicyclic) bond motifs is 3. The average Bonchev–Trinajstić information content (AvgIpc) is 3.15. The Bertz CT molecular complexity index is 1080. The van der Waals surface area contributed by atoms with E-state index >= 15 is 0 Å². The van der Waals surface area contributed by atoms with Gasteiger partial charge in [-0.2, -0.15) is 0 Å². The fourth-order valence-corrected chi connectivity index (χ4v) is 5.58. The van der Waals surface area contributed by atoms with E-state index in [1.165, 1.54) is 11.0 Å². The third kappa shape index (κ3) is 5.09. The first-order valence-electron chi connectivity index (χ1n) is 12.1. The number of hydrogen-bond acceptors (Lipinski definition) is 4. The lowest BCUT2D eigenvalue weighted by Crippen LogP contribution is -2.62. The third-order valence-corrected chi connectivity index (χ3v) is 7.05. The van der Waals surface area contributed by atoms with Crippen LogP contribution in [0.4, 0.5) is 4.79 Å². The SMILES string of the molecule is C=CCN(CC(=O)O)C(=O)C1(NC(=O)OCC2c3ccccc3-c3ccccc32)CCCC(C)C1. The Hall–Kier alpha value is -3.61. The fraction of sp³-hybridized carbons (Fsp3) is 0.393. The summed E-state index contributed by atoms with van der Waals surface area (Å²) >= 11 is 0. The Morgan fingerprint density at radius 2 is 1.77 bits per heavy atom. The van der Waals surface area contributed by atoms with E-state index in [0.717, 1.165) is 35.1 Å². The fourth-order valence-electron chi connectivity index (χ4n) is 5.58. The second-order valence-corrected chi connectivity index (χ2v) is 9.60. The Balaban J connectivity index is 1.52. The summed E-state index contributed by atoms with van der Waals surface area (Å²) in [6, 6.07) is 16.2. The molecule has 2 aromatic rings. The maximum Gasteiger partial charge on any atom is 0.408 e. The van der Waals surface area contributed by atoms with E-state index in [-0.39, 0.29) is 25.0 Å². The van der Waals surface area contributed by atoms with Gasteiger partial charge in [0.15, 0.2) is 0 Å². The topological polar surface area (TPSA) is 95.9 Å². The molecule has 7 nitrogen and oxygen atoms in total. The number of alkyl carbamates (subject to hydrolysis) is 1. The minimum atomic E-state index is -1.20. The van der Waals surface area contributed by atoms with Crippen molar-refractivity contribution in [2.24, 2.45) is 5.92 Å². The third-order valence-electron chi connectivity index (χ3n) is 7.05. The van der Waals surface area contributed by atoms with Crippen LogP contribution in [0.2, 0.25) is 0 Å². The lowest BCUT2D eigenvalue weighted by atomic mass is 9.75. The van der Waals surface area contributed by atoms with Gasteiger partial charge in [0.25, 0.3) is 0 Å². The number of carboxylic acid groups (broad SMARTS) is 1. The smallest absolute Gasteiger partial charge is 0.408 e. The van der Waals surface area contributed by atoms with Crippen LogP contribution in [-0.2, 0) is 14.3 Å². The predicted molar refractivity (Wildman–Crippen MR) is 133 cm³/mol. The molecule has 0 aromatic heterocycles. The highest BCUT2D eigenvalue weighted by molar-refractivity contribution is 5.92. The average molecular weight is 477 g/mol. The number of rotatable bonds is 8. The molecule has 2 N–H and O–H groups in total. The van der Waals surface area contributed by atoms with Gasteiger partial charge in [-0.15, -0.1) is 6.58 Å². The van der Waals surface area contributed by atoms with Crippen LogP contribution in [0.15, 0.2) is 61.2 Å². The number of benzene rings is 2. The zero-order valence-corrected chi connectivity index (χ0v) is 20.0. The van der Waals surface area contributed by atoms with Crippen LogP contribution in [0, 0.1) is 5.92 Å². The zero-order valence-electron chi connectivity index (χ0n) is 20.0. The lowest BCUT2D eigenvalue weighted by Gasteiger charge is -2.41. The highest BCUT2D eigenvalue weighted by Gasteiger charge is 2.46. The Kier molecular flexibility index (Phi) is 7.24. The monoisotopic (exact) mass is 476 g/mol. The summed E-state index contributed by atoms with van der Waals surface area (Å²) in [5.74, 6) is -1.40. The van der Waals surface area contributed by atoms with Crippen molar-refractivity contribution < 1.29 is 24.2 Å². The van der Waals surface area contributed by atoms with Crippen LogP contribution in [-0.4, -0.2) is 53.2 Å². The van der Waals surface area contributed by atoms with Gasteiger partial charge in [-0.25, -0.2) is 4.79 Å². The quantitative estimate of drug-likeness (QED) is 0.544. The molecule has 0 saturated heterocycles. The van der Waals surface area contributed by atoms with Crippen molar-refractivity contribution in [3.8, 4) is 11.1 Å². The van der Waals surface area contributed by atoms with Crippen molar-refractivity contribution in [1.82, 2.24) is 10.2 Å². The summed E-state index contributed by atoms with van der Waals surface area (Å²) in [7, 11) is 0. The van der Waals surface area contributed by atoms with Crippen molar-refractivity contribution in [1.29, 1.82) is 0 Å². The van der Waals surface area contributed by atoms with Gasteiger partial charge >= 0.3 is 12.1 Å². The molecule has 2 aliphatic rings. The Morgan fingerprint density at radius 3 is 2.34 bits per heavy atom. The molecule has 184 valence electrons. The van der Waals surface area contributed by atoms with E-state index in [1.54, 1.807) is 0 Å². The molecule has 0 bridgehead atoms. The highest BCUT2D eigenvalue weighted by atomic mass is 16.5. The maximum absolute atomic E-state index is 13.6. The Labute approximate surface area is 205 Å². The molecule has 0 radical (unpaired) electrons. The maximum atomic E-state index is 13.6. The minimum absolute atomic E-state index is 0.0886. The van der Waals surface area contributed by atoms with Gasteiger partial charge in [-0.05, 0) is 41.0 Å². The molecule has 35 heavy (non-hydrogen) atoms. The molecule has 2 aromatic carbocycles. The van der Waals surface area contributed by atoms with Crippen molar-refractivity contribution in [3.63, 3.8) is 0 Å². The number of carbonyl (C=O) groups excluding carboxylic acids is 2. The molecule has 7 heteroatoms. The predicted octanol–water partition coefficient (Wildman–Crippen LogP) is 4.57. The van der Waals surface area contributed by atoms with E-state index in [9.17, 15) is 19.5 Å². The van der Waals surface area contributed by atoms with Gasteiger partial charge in [0.1, 0.15) is 18.7 Å². The zero-order chi connectivity index (χ0) is 25.0. The molecule has 0 aliphatic heterocycles. The summed E-state index contributed by atoms with van der Waals surface area (Å²) in [4.78, 5) is 39.2. The van der Waals surface area contributed by atoms with E-state index in [1.807, 2.05) is 43.3 Å². The standard InChI is InChI=1S/C28H32N2O5/c1-3-15-30(17-25(31)32)26(33)28(14-8-9-19(2)16-28)29-27(34)35-18-24-22-12-6-4-10-20(22)21-11-5-7-13-23(21)24/h3-7,10-13,19,24H,1,8-9,14-18H2,2H3,(H,29,34)(H,31,32). The van der Waals surface area contributed by atoms with Gasteiger partial charge < -0.3 is 20.1 Å². The number of ether oxygens (including phenoxy) is 1. The first-order chi connectivity index (χ1) is 16.8. The summed E-state index contributed by atoms with van der Waals surface area (Å²) in [6.07, 6.45) is 3.40. The lowest BCUT2D eigenvalue weighted by molar-refractivity contribution is -0.148. The van der Waals surface area contributed by atoms with Crippen LogP contribution >= 0.6 is 0 Å². The second kappa shape index (κ2) is 10.3. The highest BCUT2D eigenvalue weighted by Crippen LogP contribution is 2.44. The van der Waals surface area contributed by atoms with E-state index < -0.39 is 30.1 Å². The van der Waals surface area contributed by atoms with Gasteiger partial charge in [0, 0.05) is 12.5 Å². The first kappa shape index (κ1) is 24.5. The van der Waals surface area contributed by atoms with Crippen LogP contribution in [0.1, 0.15) is 49.7 Å². The summed E-state index contributed by atoms with van der Waals surface area (Å²) in [5, 5.41) is 12.2. The second-order valence-electron chi connectivity index (χ2n) is 9.60. The normalized spacial score (nSPS) is 20.9. The van der Waals surface area contributed by atoms with Gasteiger partial charge in [-0.3, -0.25) is 9.59 Å². The molecule has 2 unspecified atom stereocenters. The number of aliphatic carboxylic acids is 1. The molecule has 1 saturated carbocycles. The Morgan fingerprint density at radius 1 is 1.14 bits per heavy atom. The molecule has 2 atom stereocenters. The number of nitrogens with one attached hydrogen (secondary N) is 1. The van der Waals surface area contributed by atoms with Crippen molar-refractivity contribution in [2.75, 3.05) is 19.7 Å². The van der Waals surface area contributed by atoms with Crippen LogP contribution < -0.4 is 5.32 Å². The molecule has 0 spiro atoms. The number of carbonyl (C=O) groups is 3. The van der Waals surface area contributed by atoms with E-state index in [0.29, 0.717) is 12.8 Å². The molecule has 2 amide bonds. The minimum Gasteiger partial charge on any atom is -0.480 e. The summed E-state index contributed by atoms with van der Waals surface area (Å²) < 4.78 is 5.72. The number of amides is 2. The largest absolute Gasteiger partial charge is 0.480 e. The van der Waals surface area contributed by atoms with Crippen LogP contribution in [0.3, 0.4) is 0 Å². The summed E-state index contributed by atoms with van der Waals surface area (Å²) in [6.45, 7) is 5.47. The van der Waals surface area contributed by atoms with Gasteiger partial charge in [0.2, 0.25) is 5.91 Å². The number of nitrogens with zero attached hydrogens (tertiary/aromatic N) is 1. The van der Waals surface area contributed by atoms with Crippen molar-refractivity contribution in [3.05, 3.63) is 72.3 Å². The molecular formula is C28H32N2O5. The summed E-state index contributed by atoms with van der Waals surface area (Å²) in [5.41, 5.74) is 3.30. The van der Waals surface area contributed by atoms with Crippen molar-refractivity contribution >= 4 is 18.0 Å². The number of hydrogen-bond donors (Lipinski definition) is 2. The van der Waals surface area contributed by atoms with Gasteiger partial charge in [0.05, 0.1) is 0 Å². The molecule has 0 heterocycles. The van der Waals surface area contributed by atoms with E-state index in [2.05, 4.69) is 24.0 Å².